The van der Waals surface area contributed by atoms with E-state index >= 15 is 0 Å². The highest BCUT2D eigenvalue weighted by Gasteiger charge is 2.37. The van der Waals surface area contributed by atoms with Crippen molar-refractivity contribution < 1.29 is 17.9 Å². The van der Waals surface area contributed by atoms with Gasteiger partial charge in [0.05, 0.1) is 13.2 Å². The summed E-state index contributed by atoms with van der Waals surface area (Å²) in [7, 11) is 0. The number of ether oxygens (including phenoxy) is 1. The highest BCUT2D eigenvalue weighted by molar-refractivity contribution is 5.39. The van der Waals surface area contributed by atoms with Crippen molar-refractivity contribution in [1.29, 1.82) is 0 Å². The van der Waals surface area contributed by atoms with Crippen molar-refractivity contribution >= 4 is 5.95 Å². The molecule has 1 aliphatic carbocycles. The maximum absolute atomic E-state index is 13.3. The summed E-state index contributed by atoms with van der Waals surface area (Å²) in [5.41, 5.74) is 3.26. The molecule has 1 aliphatic heterocycles. The summed E-state index contributed by atoms with van der Waals surface area (Å²) in [6, 6.07) is 5.95. The first-order valence-electron chi connectivity index (χ1n) is 8.40. The Labute approximate surface area is 143 Å². The summed E-state index contributed by atoms with van der Waals surface area (Å²) in [5.74, 6) is 0.0460. The van der Waals surface area contributed by atoms with Gasteiger partial charge in [-0.25, -0.2) is 9.97 Å². The van der Waals surface area contributed by atoms with Crippen LogP contribution in [0.25, 0.3) is 0 Å². The number of nitrogens with zero attached hydrogens (tertiary/aromatic N) is 2. The maximum atomic E-state index is 13.3. The van der Waals surface area contributed by atoms with E-state index in [0.717, 1.165) is 29.5 Å². The van der Waals surface area contributed by atoms with Crippen LogP contribution < -0.4 is 5.32 Å². The number of aryl methyl sites for hydroxylation is 1. The molecule has 0 saturated carbocycles. The summed E-state index contributed by atoms with van der Waals surface area (Å²) in [5, 5.41) is 2.95. The number of benzene rings is 1. The Balaban J connectivity index is 1.58. The van der Waals surface area contributed by atoms with Crippen LogP contribution in [0.3, 0.4) is 0 Å². The van der Waals surface area contributed by atoms with Crippen LogP contribution in [0.4, 0.5) is 19.1 Å². The summed E-state index contributed by atoms with van der Waals surface area (Å²) < 4.78 is 45.4. The first-order valence-corrected chi connectivity index (χ1v) is 8.40. The van der Waals surface area contributed by atoms with E-state index in [0.29, 0.717) is 38.3 Å². The number of nitrogens with one attached hydrogen (secondary N) is 1. The second-order valence-electron chi connectivity index (χ2n) is 6.48. The highest BCUT2D eigenvalue weighted by Crippen LogP contribution is 2.35. The van der Waals surface area contributed by atoms with Crippen molar-refractivity contribution in [2.24, 2.45) is 0 Å². The van der Waals surface area contributed by atoms with Gasteiger partial charge in [-0.15, -0.1) is 0 Å². The van der Waals surface area contributed by atoms with E-state index in [4.69, 9.17) is 4.74 Å². The molecule has 0 atom stereocenters. The molecule has 1 aromatic heterocycles. The van der Waals surface area contributed by atoms with Crippen molar-refractivity contribution in [2.45, 2.75) is 51.6 Å². The Morgan fingerprint density at radius 3 is 2.68 bits per heavy atom. The van der Waals surface area contributed by atoms with E-state index in [9.17, 15) is 13.2 Å². The molecular formula is C18H18F3N3O. The van der Waals surface area contributed by atoms with Gasteiger partial charge in [0.2, 0.25) is 5.95 Å². The Morgan fingerprint density at radius 2 is 1.84 bits per heavy atom. The number of aromatic nitrogens is 2. The predicted molar refractivity (Wildman–Crippen MR) is 85.9 cm³/mol. The Morgan fingerprint density at radius 1 is 1.04 bits per heavy atom. The lowest BCUT2D eigenvalue weighted by atomic mass is 9.94. The number of anilines is 1. The fourth-order valence-corrected chi connectivity index (χ4v) is 3.42. The third kappa shape index (κ3) is 3.33. The van der Waals surface area contributed by atoms with Gasteiger partial charge in [0.1, 0.15) is 0 Å². The minimum absolute atomic E-state index is 0.0460. The molecule has 0 amide bonds. The number of hydrogen-bond acceptors (Lipinski definition) is 4. The zero-order chi connectivity index (χ0) is 17.4. The molecule has 0 bridgehead atoms. The van der Waals surface area contributed by atoms with E-state index < -0.39 is 11.9 Å². The van der Waals surface area contributed by atoms with Crippen LogP contribution in [0, 0.1) is 0 Å². The number of alkyl halides is 3. The summed E-state index contributed by atoms with van der Waals surface area (Å²) >= 11 is 0. The third-order valence-electron chi connectivity index (χ3n) is 4.69. The molecular weight excluding hydrogens is 331 g/mol. The molecule has 0 unspecified atom stereocenters. The molecule has 0 fully saturated rings. The molecule has 4 nitrogen and oxygen atoms in total. The molecule has 1 N–H and O–H groups in total. The van der Waals surface area contributed by atoms with Crippen LogP contribution >= 0.6 is 0 Å². The minimum atomic E-state index is -4.45. The SMILES string of the molecule is FC(F)(F)c1nc(NCc2ccc3c(c2)COC3)nc2c1CCCC2. The molecule has 2 aromatic rings. The van der Waals surface area contributed by atoms with Gasteiger partial charge in [0, 0.05) is 17.8 Å². The lowest BCUT2D eigenvalue weighted by Crippen LogP contribution is -2.20. The van der Waals surface area contributed by atoms with Crippen molar-refractivity contribution in [1.82, 2.24) is 9.97 Å². The Hall–Kier alpha value is -2.15. The number of hydrogen-bond donors (Lipinski definition) is 1. The van der Waals surface area contributed by atoms with Gasteiger partial charge in [0.15, 0.2) is 5.69 Å². The fraction of sp³-hybridized carbons (Fsp3) is 0.444. The van der Waals surface area contributed by atoms with Gasteiger partial charge < -0.3 is 10.1 Å². The largest absolute Gasteiger partial charge is 0.433 e. The van der Waals surface area contributed by atoms with E-state index in [1.54, 1.807) is 0 Å². The standard InChI is InChI=1S/C18H18F3N3O/c19-18(20,21)16-14-3-1-2-4-15(14)23-17(24-16)22-8-11-5-6-12-9-25-10-13(12)7-11/h5-7H,1-4,8-10H2,(H,22,23,24). The lowest BCUT2D eigenvalue weighted by molar-refractivity contribution is -0.142. The normalized spacial score (nSPS) is 16.4. The smallest absolute Gasteiger partial charge is 0.372 e. The summed E-state index contributed by atoms with van der Waals surface area (Å²) in [4.78, 5) is 8.10. The highest BCUT2D eigenvalue weighted by atomic mass is 19.4. The molecule has 132 valence electrons. The molecule has 0 spiro atoms. The second-order valence-corrected chi connectivity index (χ2v) is 6.48. The number of rotatable bonds is 3. The molecule has 0 radical (unpaired) electrons. The van der Waals surface area contributed by atoms with Crippen molar-refractivity contribution in [2.75, 3.05) is 5.32 Å². The average molecular weight is 349 g/mol. The molecule has 2 aliphatic rings. The quantitative estimate of drug-likeness (QED) is 0.909. The van der Waals surface area contributed by atoms with Crippen molar-refractivity contribution in [3.05, 3.63) is 51.8 Å². The zero-order valence-corrected chi connectivity index (χ0v) is 13.6. The second kappa shape index (κ2) is 6.29. The Kier molecular flexibility index (Phi) is 4.11. The summed E-state index contributed by atoms with van der Waals surface area (Å²) in [6.07, 6.45) is -1.86. The molecule has 7 heteroatoms. The number of halogens is 3. The van der Waals surface area contributed by atoms with E-state index in [-0.39, 0.29) is 11.5 Å². The predicted octanol–water partition coefficient (Wildman–Crippen LogP) is 4.02. The first kappa shape index (κ1) is 16.3. The molecule has 4 rings (SSSR count). The lowest BCUT2D eigenvalue weighted by Gasteiger charge is -2.20. The van der Waals surface area contributed by atoms with Crippen LogP contribution in [0.1, 0.15) is 46.5 Å². The maximum Gasteiger partial charge on any atom is 0.433 e. The molecule has 2 heterocycles. The minimum Gasteiger partial charge on any atom is -0.372 e. The van der Waals surface area contributed by atoms with E-state index in [1.165, 1.54) is 0 Å². The van der Waals surface area contributed by atoms with E-state index in [1.807, 2.05) is 18.2 Å². The molecule has 25 heavy (non-hydrogen) atoms. The van der Waals surface area contributed by atoms with Gasteiger partial charge >= 0.3 is 6.18 Å². The third-order valence-corrected chi connectivity index (χ3v) is 4.69. The van der Waals surface area contributed by atoms with Crippen molar-refractivity contribution in [3.63, 3.8) is 0 Å². The van der Waals surface area contributed by atoms with Crippen molar-refractivity contribution in [3.8, 4) is 0 Å². The monoisotopic (exact) mass is 349 g/mol. The summed E-state index contributed by atoms with van der Waals surface area (Å²) in [6.45, 7) is 1.58. The van der Waals surface area contributed by atoms with Crippen LogP contribution in [-0.2, 0) is 43.5 Å². The van der Waals surface area contributed by atoms with Gasteiger partial charge in [-0.05, 0) is 42.4 Å². The van der Waals surface area contributed by atoms with Crippen LogP contribution in [-0.4, -0.2) is 9.97 Å². The van der Waals surface area contributed by atoms with Crippen LogP contribution in [0.5, 0.6) is 0 Å². The average Bonchev–Trinajstić information content (AvgIpc) is 3.06. The van der Waals surface area contributed by atoms with Crippen LogP contribution in [0.2, 0.25) is 0 Å². The van der Waals surface area contributed by atoms with Gasteiger partial charge in [-0.3, -0.25) is 0 Å². The van der Waals surface area contributed by atoms with Gasteiger partial charge in [-0.2, -0.15) is 13.2 Å². The fourth-order valence-electron chi connectivity index (χ4n) is 3.42. The number of fused-ring (bicyclic) bond motifs is 2. The zero-order valence-electron chi connectivity index (χ0n) is 13.6. The van der Waals surface area contributed by atoms with Crippen LogP contribution in [0.15, 0.2) is 18.2 Å². The first-order chi connectivity index (χ1) is 12.0. The Bertz CT molecular complexity index is 805. The molecule has 1 aromatic carbocycles. The van der Waals surface area contributed by atoms with Gasteiger partial charge in [-0.1, -0.05) is 18.2 Å². The van der Waals surface area contributed by atoms with Gasteiger partial charge in [0.25, 0.3) is 0 Å². The molecule has 0 saturated heterocycles. The topological polar surface area (TPSA) is 47.0 Å². The van der Waals surface area contributed by atoms with E-state index in [2.05, 4.69) is 15.3 Å².